The third-order valence-corrected chi connectivity index (χ3v) is 5.33. The SMILES string of the molecule is CCOc1ccc(/C=C2\SC(Nc3ccc(Cl)cc3C)NC2=O)cc1OCC. The molecule has 2 aromatic rings. The van der Waals surface area contributed by atoms with Gasteiger partial charge in [-0.3, -0.25) is 4.79 Å². The minimum atomic E-state index is -0.243. The van der Waals surface area contributed by atoms with E-state index in [0.29, 0.717) is 34.6 Å². The third-order valence-electron chi connectivity index (χ3n) is 4.07. The number of amides is 1. The number of halogens is 1. The molecule has 0 spiro atoms. The number of ether oxygens (including phenoxy) is 2. The second-order valence-electron chi connectivity index (χ2n) is 6.16. The Morgan fingerprint density at radius 2 is 1.89 bits per heavy atom. The fourth-order valence-electron chi connectivity index (χ4n) is 2.80. The van der Waals surface area contributed by atoms with E-state index in [1.807, 2.05) is 63.2 Å². The molecule has 28 heavy (non-hydrogen) atoms. The Morgan fingerprint density at radius 1 is 1.14 bits per heavy atom. The van der Waals surface area contributed by atoms with Gasteiger partial charge in [0.05, 0.1) is 18.1 Å². The second-order valence-corrected chi connectivity index (χ2v) is 7.74. The summed E-state index contributed by atoms with van der Waals surface area (Å²) in [4.78, 5) is 13.0. The van der Waals surface area contributed by atoms with E-state index >= 15 is 0 Å². The molecule has 3 rings (SSSR count). The number of rotatable bonds is 7. The van der Waals surface area contributed by atoms with Gasteiger partial charge in [-0.05, 0) is 68.3 Å². The molecule has 0 saturated carbocycles. The van der Waals surface area contributed by atoms with Crippen LogP contribution in [0.4, 0.5) is 5.69 Å². The largest absolute Gasteiger partial charge is 0.490 e. The first-order valence-electron chi connectivity index (χ1n) is 9.11. The Morgan fingerprint density at radius 3 is 2.61 bits per heavy atom. The van der Waals surface area contributed by atoms with E-state index in [1.54, 1.807) is 0 Å². The lowest BCUT2D eigenvalue weighted by molar-refractivity contribution is -0.116. The van der Waals surface area contributed by atoms with E-state index < -0.39 is 0 Å². The van der Waals surface area contributed by atoms with Gasteiger partial charge in [-0.15, -0.1) is 0 Å². The van der Waals surface area contributed by atoms with Crippen molar-refractivity contribution in [2.45, 2.75) is 26.3 Å². The van der Waals surface area contributed by atoms with Crippen molar-refractivity contribution < 1.29 is 14.3 Å². The zero-order valence-electron chi connectivity index (χ0n) is 16.0. The molecule has 0 radical (unpaired) electrons. The number of hydrogen-bond acceptors (Lipinski definition) is 5. The van der Waals surface area contributed by atoms with E-state index in [1.165, 1.54) is 11.8 Å². The predicted molar refractivity (Wildman–Crippen MR) is 116 cm³/mol. The molecular weight excluding hydrogens is 396 g/mol. The maximum Gasteiger partial charge on any atom is 0.260 e. The maximum atomic E-state index is 12.4. The van der Waals surface area contributed by atoms with Gasteiger partial charge in [0.25, 0.3) is 5.91 Å². The predicted octanol–water partition coefficient (Wildman–Crippen LogP) is 5.05. The average molecular weight is 419 g/mol. The van der Waals surface area contributed by atoms with Gasteiger partial charge in [0, 0.05) is 10.7 Å². The van der Waals surface area contributed by atoms with Crippen LogP contribution in [0.1, 0.15) is 25.0 Å². The molecule has 148 valence electrons. The average Bonchev–Trinajstić information content (AvgIpc) is 2.99. The van der Waals surface area contributed by atoms with Crippen molar-refractivity contribution in [2.24, 2.45) is 0 Å². The van der Waals surface area contributed by atoms with Crippen molar-refractivity contribution in [3.63, 3.8) is 0 Å². The van der Waals surface area contributed by atoms with Crippen LogP contribution in [0.3, 0.4) is 0 Å². The summed E-state index contributed by atoms with van der Waals surface area (Å²) in [5.74, 6) is 1.27. The molecule has 2 aromatic carbocycles. The molecule has 5 nitrogen and oxygen atoms in total. The second kappa shape index (κ2) is 9.26. The molecule has 0 bridgehead atoms. The number of hydrogen-bond donors (Lipinski definition) is 2. The molecule has 1 heterocycles. The molecule has 1 fully saturated rings. The fraction of sp³-hybridized carbons (Fsp3) is 0.286. The number of aryl methyl sites for hydroxylation is 1. The Hall–Kier alpha value is -2.31. The third kappa shape index (κ3) is 4.94. The van der Waals surface area contributed by atoms with E-state index in [0.717, 1.165) is 16.8 Å². The van der Waals surface area contributed by atoms with E-state index in [4.69, 9.17) is 21.1 Å². The van der Waals surface area contributed by atoms with Gasteiger partial charge in [0.15, 0.2) is 17.0 Å². The maximum absolute atomic E-state index is 12.4. The highest BCUT2D eigenvalue weighted by atomic mass is 35.5. The van der Waals surface area contributed by atoms with Crippen LogP contribution >= 0.6 is 23.4 Å². The summed E-state index contributed by atoms with van der Waals surface area (Å²) in [5, 5.41) is 6.96. The first kappa shape index (κ1) is 20.4. The lowest BCUT2D eigenvalue weighted by Crippen LogP contribution is -2.31. The number of carbonyl (C=O) groups is 1. The van der Waals surface area contributed by atoms with E-state index in [9.17, 15) is 4.79 Å². The summed E-state index contributed by atoms with van der Waals surface area (Å²) >= 11 is 7.44. The van der Waals surface area contributed by atoms with Crippen LogP contribution in [0.15, 0.2) is 41.3 Å². The first-order chi connectivity index (χ1) is 13.5. The lowest BCUT2D eigenvalue weighted by atomic mass is 10.2. The summed E-state index contributed by atoms with van der Waals surface area (Å²) in [6, 6.07) is 11.3. The molecule has 2 N–H and O–H groups in total. The first-order valence-corrected chi connectivity index (χ1v) is 10.4. The zero-order chi connectivity index (χ0) is 20.1. The van der Waals surface area contributed by atoms with Gasteiger partial charge in [0.2, 0.25) is 0 Å². The molecule has 0 aromatic heterocycles. The number of nitrogens with one attached hydrogen (secondary N) is 2. The van der Waals surface area contributed by atoms with Gasteiger partial charge in [-0.25, -0.2) is 0 Å². The summed E-state index contributed by atoms with van der Waals surface area (Å²) in [6.45, 7) is 6.94. The minimum Gasteiger partial charge on any atom is -0.490 e. The van der Waals surface area contributed by atoms with Gasteiger partial charge in [-0.1, -0.05) is 29.4 Å². The smallest absolute Gasteiger partial charge is 0.260 e. The van der Waals surface area contributed by atoms with Crippen molar-refractivity contribution in [3.05, 3.63) is 57.5 Å². The van der Waals surface area contributed by atoms with Gasteiger partial charge in [-0.2, -0.15) is 0 Å². The molecule has 1 saturated heterocycles. The zero-order valence-corrected chi connectivity index (χ0v) is 17.6. The quantitative estimate of drug-likeness (QED) is 0.616. The summed E-state index contributed by atoms with van der Waals surface area (Å²) in [5.41, 5.74) is 2.59. The van der Waals surface area contributed by atoms with Gasteiger partial charge < -0.3 is 20.1 Å². The molecule has 1 aliphatic heterocycles. The summed E-state index contributed by atoms with van der Waals surface area (Å²) < 4.78 is 11.2. The highest BCUT2D eigenvalue weighted by molar-refractivity contribution is 8.05. The number of benzene rings is 2. The number of carbonyl (C=O) groups excluding carboxylic acids is 1. The van der Waals surface area contributed by atoms with Crippen LogP contribution in [0.25, 0.3) is 6.08 Å². The monoisotopic (exact) mass is 418 g/mol. The lowest BCUT2D eigenvalue weighted by Gasteiger charge is -2.15. The van der Waals surface area contributed by atoms with Crippen molar-refractivity contribution in [1.29, 1.82) is 0 Å². The van der Waals surface area contributed by atoms with Crippen LogP contribution in [0.2, 0.25) is 5.02 Å². The van der Waals surface area contributed by atoms with Crippen molar-refractivity contribution in [3.8, 4) is 11.5 Å². The standard InChI is InChI=1S/C21H23ClN2O3S/c1-4-26-17-9-6-14(11-18(17)27-5-2)12-19-20(25)24-21(28-19)23-16-8-7-15(22)10-13(16)3/h6-12,21,23H,4-5H2,1-3H3,(H,24,25)/b19-12-. The fourth-order valence-corrected chi connectivity index (χ4v) is 4.01. The molecule has 1 aliphatic rings. The Labute approximate surface area is 174 Å². The van der Waals surface area contributed by atoms with Crippen LogP contribution < -0.4 is 20.1 Å². The van der Waals surface area contributed by atoms with E-state index in [2.05, 4.69) is 10.6 Å². The van der Waals surface area contributed by atoms with Gasteiger partial charge in [0.1, 0.15) is 0 Å². The van der Waals surface area contributed by atoms with Crippen LogP contribution in [0.5, 0.6) is 11.5 Å². The Bertz CT molecular complexity index is 901. The Balaban J connectivity index is 1.75. The van der Waals surface area contributed by atoms with Gasteiger partial charge >= 0.3 is 0 Å². The van der Waals surface area contributed by atoms with Crippen LogP contribution in [0, 0.1) is 6.92 Å². The number of anilines is 1. The molecule has 0 aliphatic carbocycles. The molecule has 1 amide bonds. The number of thioether (sulfide) groups is 1. The normalized spacial score (nSPS) is 17.5. The van der Waals surface area contributed by atoms with Crippen molar-refractivity contribution >= 4 is 41.0 Å². The van der Waals surface area contributed by atoms with Crippen LogP contribution in [-0.4, -0.2) is 24.6 Å². The topological polar surface area (TPSA) is 59.6 Å². The van der Waals surface area contributed by atoms with Crippen LogP contribution in [-0.2, 0) is 4.79 Å². The summed E-state index contributed by atoms with van der Waals surface area (Å²) in [6.07, 6.45) is 1.86. The molecule has 1 atom stereocenters. The minimum absolute atomic E-state index is 0.110. The highest BCUT2D eigenvalue weighted by Gasteiger charge is 2.27. The Kier molecular flexibility index (Phi) is 6.75. The van der Waals surface area contributed by atoms with Crippen molar-refractivity contribution in [2.75, 3.05) is 18.5 Å². The summed E-state index contributed by atoms with van der Waals surface area (Å²) in [7, 11) is 0. The molecule has 1 unspecified atom stereocenters. The highest BCUT2D eigenvalue weighted by Crippen LogP contribution is 2.34. The van der Waals surface area contributed by atoms with Crippen molar-refractivity contribution in [1.82, 2.24) is 5.32 Å². The molecule has 7 heteroatoms. The molecular formula is C21H23ClN2O3S. The van der Waals surface area contributed by atoms with E-state index in [-0.39, 0.29) is 11.4 Å².